The molecule has 2 fully saturated rings. The Morgan fingerprint density at radius 3 is 3.00 bits per heavy atom. The Balaban J connectivity index is 1.93. The van der Waals surface area contributed by atoms with Gasteiger partial charge in [-0.15, -0.1) is 0 Å². The van der Waals surface area contributed by atoms with Gasteiger partial charge in [-0.1, -0.05) is 12.1 Å². The summed E-state index contributed by atoms with van der Waals surface area (Å²) in [7, 11) is 0. The second-order valence-electron chi connectivity index (χ2n) is 5.72. The van der Waals surface area contributed by atoms with E-state index in [1.807, 2.05) is 4.90 Å². The zero-order valence-electron chi connectivity index (χ0n) is 11.3. The molecule has 2 aliphatic heterocycles. The highest BCUT2D eigenvalue weighted by molar-refractivity contribution is 5.95. The Morgan fingerprint density at radius 2 is 2.21 bits per heavy atom. The third kappa shape index (κ3) is 1.94. The number of nitrogens with zero attached hydrogens (tertiary/aromatic N) is 1. The van der Waals surface area contributed by atoms with E-state index in [2.05, 4.69) is 12.2 Å². The monoisotopic (exact) mass is 262 g/mol. The number of halogens is 1. The molecule has 2 heterocycles. The lowest BCUT2D eigenvalue weighted by atomic mass is 10.0. The molecule has 102 valence electrons. The lowest BCUT2D eigenvalue weighted by Crippen LogP contribution is -2.43. The summed E-state index contributed by atoms with van der Waals surface area (Å²) in [6.07, 6.45) is 1.01. The van der Waals surface area contributed by atoms with E-state index in [9.17, 15) is 9.18 Å². The number of carbonyl (C=O) groups is 1. The van der Waals surface area contributed by atoms with Crippen molar-refractivity contribution < 1.29 is 9.18 Å². The molecule has 2 saturated heterocycles. The van der Waals surface area contributed by atoms with Crippen molar-refractivity contribution in [1.29, 1.82) is 0 Å². The van der Waals surface area contributed by atoms with Gasteiger partial charge in [-0.3, -0.25) is 4.79 Å². The van der Waals surface area contributed by atoms with Gasteiger partial charge in [-0.05, 0) is 37.8 Å². The summed E-state index contributed by atoms with van der Waals surface area (Å²) in [6.45, 7) is 5.55. The van der Waals surface area contributed by atoms with Crippen molar-refractivity contribution in [3.63, 3.8) is 0 Å². The Bertz CT molecular complexity index is 517. The molecule has 0 bridgehead atoms. The van der Waals surface area contributed by atoms with Crippen LogP contribution in [0.1, 0.15) is 29.3 Å². The van der Waals surface area contributed by atoms with Crippen molar-refractivity contribution in [3.8, 4) is 0 Å². The molecule has 4 heteroatoms. The van der Waals surface area contributed by atoms with Gasteiger partial charge in [0, 0.05) is 25.2 Å². The van der Waals surface area contributed by atoms with E-state index in [4.69, 9.17) is 0 Å². The SMILES string of the molecule is Cc1cccc(C(=O)N2C(C)CC3CNCC32)c1F. The smallest absolute Gasteiger partial charge is 0.257 e. The third-order valence-electron chi connectivity index (χ3n) is 4.44. The Kier molecular flexibility index (Phi) is 3.05. The summed E-state index contributed by atoms with van der Waals surface area (Å²) in [6, 6.07) is 5.45. The molecule has 1 amide bonds. The van der Waals surface area contributed by atoms with E-state index in [1.165, 1.54) is 0 Å². The average molecular weight is 262 g/mol. The van der Waals surface area contributed by atoms with Crippen LogP contribution in [-0.4, -0.2) is 36.0 Å². The van der Waals surface area contributed by atoms with Crippen LogP contribution in [-0.2, 0) is 0 Å². The third-order valence-corrected chi connectivity index (χ3v) is 4.44. The van der Waals surface area contributed by atoms with Crippen LogP contribution >= 0.6 is 0 Å². The Hall–Kier alpha value is -1.42. The average Bonchev–Trinajstić information content (AvgIpc) is 2.91. The molecule has 3 rings (SSSR count). The fourth-order valence-corrected chi connectivity index (χ4v) is 3.47. The van der Waals surface area contributed by atoms with Crippen LogP contribution in [0.2, 0.25) is 0 Å². The van der Waals surface area contributed by atoms with Crippen LogP contribution in [0.15, 0.2) is 18.2 Å². The maximum atomic E-state index is 14.1. The van der Waals surface area contributed by atoms with Crippen molar-refractivity contribution in [2.75, 3.05) is 13.1 Å². The molecule has 0 radical (unpaired) electrons. The maximum absolute atomic E-state index is 14.1. The first-order valence-electron chi connectivity index (χ1n) is 6.88. The van der Waals surface area contributed by atoms with Crippen LogP contribution < -0.4 is 5.32 Å². The molecule has 0 spiro atoms. The summed E-state index contributed by atoms with van der Waals surface area (Å²) in [4.78, 5) is 14.5. The second-order valence-corrected chi connectivity index (χ2v) is 5.72. The highest BCUT2D eigenvalue weighted by Gasteiger charge is 2.44. The number of hydrogen-bond acceptors (Lipinski definition) is 2. The van der Waals surface area contributed by atoms with E-state index >= 15 is 0 Å². The van der Waals surface area contributed by atoms with Gasteiger partial charge in [0.05, 0.1) is 5.56 Å². The van der Waals surface area contributed by atoms with Gasteiger partial charge in [0.1, 0.15) is 5.82 Å². The number of hydrogen-bond donors (Lipinski definition) is 1. The molecule has 1 N–H and O–H groups in total. The number of carbonyl (C=O) groups excluding carboxylic acids is 1. The van der Waals surface area contributed by atoms with Gasteiger partial charge in [0.15, 0.2) is 0 Å². The number of rotatable bonds is 1. The van der Waals surface area contributed by atoms with Crippen LogP contribution in [0.4, 0.5) is 4.39 Å². The highest BCUT2D eigenvalue weighted by Crippen LogP contribution is 2.33. The zero-order chi connectivity index (χ0) is 13.6. The van der Waals surface area contributed by atoms with E-state index in [0.29, 0.717) is 11.5 Å². The molecule has 3 unspecified atom stereocenters. The summed E-state index contributed by atoms with van der Waals surface area (Å²) >= 11 is 0. The molecule has 0 saturated carbocycles. The van der Waals surface area contributed by atoms with Crippen molar-refractivity contribution in [1.82, 2.24) is 10.2 Å². The van der Waals surface area contributed by atoms with Crippen molar-refractivity contribution in [2.24, 2.45) is 5.92 Å². The van der Waals surface area contributed by atoms with Crippen LogP contribution in [0.5, 0.6) is 0 Å². The highest BCUT2D eigenvalue weighted by atomic mass is 19.1. The second kappa shape index (κ2) is 4.60. The molecule has 19 heavy (non-hydrogen) atoms. The molecule has 0 aliphatic carbocycles. The molecule has 1 aromatic rings. The predicted octanol–water partition coefficient (Wildman–Crippen LogP) is 1.96. The topological polar surface area (TPSA) is 32.3 Å². The van der Waals surface area contributed by atoms with Crippen molar-refractivity contribution in [2.45, 2.75) is 32.4 Å². The fourth-order valence-electron chi connectivity index (χ4n) is 3.47. The number of benzene rings is 1. The van der Waals surface area contributed by atoms with Crippen LogP contribution in [0, 0.1) is 18.7 Å². The number of nitrogens with one attached hydrogen (secondary N) is 1. The molecular formula is C15H19FN2O. The van der Waals surface area contributed by atoms with Crippen molar-refractivity contribution >= 4 is 5.91 Å². The zero-order valence-corrected chi connectivity index (χ0v) is 11.3. The predicted molar refractivity (Wildman–Crippen MR) is 71.5 cm³/mol. The molecule has 0 aromatic heterocycles. The normalized spacial score (nSPS) is 29.6. The van der Waals surface area contributed by atoms with Crippen LogP contribution in [0.25, 0.3) is 0 Å². The fraction of sp³-hybridized carbons (Fsp3) is 0.533. The molecule has 1 aromatic carbocycles. The largest absolute Gasteiger partial charge is 0.331 e. The van der Waals surface area contributed by atoms with Gasteiger partial charge >= 0.3 is 0 Å². The van der Waals surface area contributed by atoms with Gasteiger partial charge in [0.25, 0.3) is 5.91 Å². The molecule has 3 atom stereocenters. The van der Waals surface area contributed by atoms with Gasteiger partial charge in [0.2, 0.25) is 0 Å². The minimum absolute atomic E-state index is 0.162. The summed E-state index contributed by atoms with van der Waals surface area (Å²) in [5.41, 5.74) is 0.734. The number of amides is 1. The molecule has 3 nitrogen and oxygen atoms in total. The van der Waals surface area contributed by atoms with E-state index in [1.54, 1.807) is 25.1 Å². The summed E-state index contributed by atoms with van der Waals surface area (Å²) in [5.74, 6) is -0.0224. The van der Waals surface area contributed by atoms with E-state index in [0.717, 1.165) is 19.5 Å². The lowest BCUT2D eigenvalue weighted by Gasteiger charge is -2.28. The Morgan fingerprint density at radius 1 is 1.42 bits per heavy atom. The van der Waals surface area contributed by atoms with Gasteiger partial charge in [-0.25, -0.2) is 4.39 Å². The first-order chi connectivity index (χ1) is 9.09. The van der Waals surface area contributed by atoms with E-state index in [-0.39, 0.29) is 29.4 Å². The van der Waals surface area contributed by atoms with E-state index < -0.39 is 0 Å². The maximum Gasteiger partial charge on any atom is 0.257 e. The minimum Gasteiger partial charge on any atom is -0.331 e. The summed E-state index contributed by atoms with van der Waals surface area (Å²) in [5, 5.41) is 3.32. The van der Waals surface area contributed by atoms with Crippen LogP contribution in [0.3, 0.4) is 0 Å². The molecular weight excluding hydrogens is 243 g/mol. The lowest BCUT2D eigenvalue weighted by molar-refractivity contribution is 0.0677. The van der Waals surface area contributed by atoms with Crippen molar-refractivity contribution in [3.05, 3.63) is 35.1 Å². The standard InChI is InChI=1S/C15H19FN2O/c1-9-4-3-5-12(14(9)16)15(19)18-10(2)6-11-7-17-8-13(11)18/h3-5,10-11,13,17H,6-8H2,1-2H3. The van der Waals surface area contributed by atoms with Gasteiger partial charge < -0.3 is 10.2 Å². The Labute approximate surface area is 112 Å². The quantitative estimate of drug-likeness (QED) is 0.839. The first kappa shape index (κ1) is 12.6. The number of fused-ring (bicyclic) bond motifs is 1. The first-order valence-corrected chi connectivity index (χ1v) is 6.88. The summed E-state index contributed by atoms with van der Waals surface area (Å²) < 4.78 is 14.1. The van der Waals surface area contributed by atoms with Gasteiger partial charge in [-0.2, -0.15) is 0 Å². The molecule has 2 aliphatic rings. The number of aryl methyl sites for hydroxylation is 1. The minimum atomic E-state index is -0.380. The number of likely N-dealkylation sites (tertiary alicyclic amines) is 1.